The molecule has 1 aliphatic rings. The van der Waals surface area contributed by atoms with E-state index in [0.717, 1.165) is 4.90 Å². The summed E-state index contributed by atoms with van der Waals surface area (Å²) in [5, 5.41) is 7.62. The van der Waals surface area contributed by atoms with Gasteiger partial charge in [0.05, 0.1) is 7.11 Å². The van der Waals surface area contributed by atoms with E-state index in [0.29, 0.717) is 22.7 Å². The van der Waals surface area contributed by atoms with Gasteiger partial charge in [0, 0.05) is 11.4 Å². The van der Waals surface area contributed by atoms with E-state index in [9.17, 15) is 19.2 Å². The highest BCUT2D eigenvalue weighted by Crippen LogP contribution is 2.30. The highest BCUT2D eigenvalue weighted by molar-refractivity contribution is 6.10. The second-order valence-corrected chi connectivity index (χ2v) is 6.79. The summed E-state index contributed by atoms with van der Waals surface area (Å²) in [6.07, 6.45) is 0. The molecule has 0 radical (unpaired) electrons. The molecule has 10 heteroatoms. The average molecular weight is 411 g/mol. The largest absolute Gasteiger partial charge is 0.497 e. The van der Waals surface area contributed by atoms with E-state index in [4.69, 9.17) is 10.5 Å². The minimum Gasteiger partial charge on any atom is -0.497 e. The van der Waals surface area contributed by atoms with Gasteiger partial charge in [0.1, 0.15) is 17.8 Å². The standard InChI is InChI=1S/C20H21N5O5/c1-20(12-6-8-15(30-2)9-7-12)17(27)25(19(29)24-20)11-16(26)22-13-4-3-5-14(10-13)23-18(21)28/h3-10H,11H2,1-2H3,(H,22,26)(H,24,29)(H3,21,23,28). The lowest BCUT2D eigenvalue weighted by atomic mass is 9.92. The molecule has 3 rings (SSSR count). The van der Waals surface area contributed by atoms with Gasteiger partial charge in [-0.3, -0.25) is 14.5 Å². The van der Waals surface area contributed by atoms with Crippen LogP contribution >= 0.6 is 0 Å². The molecule has 1 atom stereocenters. The molecule has 0 bridgehead atoms. The molecule has 2 aromatic rings. The lowest BCUT2D eigenvalue weighted by molar-refractivity contribution is -0.133. The summed E-state index contributed by atoms with van der Waals surface area (Å²) in [6.45, 7) is 1.11. The van der Waals surface area contributed by atoms with Crippen molar-refractivity contribution in [2.45, 2.75) is 12.5 Å². The number of carbonyl (C=O) groups excluding carboxylic acids is 4. The number of methoxy groups -OCH3 is 1. The maximum absolute atomic E-state index is 12.9. The molecule has 0 aliphatic carbocycles. The van der Waals surface area contributed by atoms with Crippen molar-refractivity contribution in [1.29, 1.82) is 0 Å². The lowest BCUT2D eigenvalue weighted by Gasteiger charge is -2.22. The summed E-state index contributed by atoms with van der Waals surface area (Å²) in [5.74, 6) is -0.505. The third-order valence-electron chi connectivity index (χ3n) is 4.66. The van der Waals surface area contributed by atoms with Crippen LogP contribution in [0.4, 0.5) is 21.0 Å². The van der Waals surface area contributed by atoms with Crippen LogP contribution in [-0.2, 0) is 15.1 Å². The maximum Gasteiger partial charge on any atom is 0.325 e. The van der Waals surface area contributed by atoms with Crippen LogP contribution in [0.15, 0.2) is 48.5 Å². The topological polar surface area (TPSA) is 143 Å². The van der Waals surface area contributed by atoms with Gasteiger partial charge in [-0.05, 0) is 42.8 Å². The van der Waals surface area contributed by atoms with Gasteiger partial charge >= 0.3 is 12.1 Å². The first kappa shape index (κ1) is 20.6. The highest BCUT2D eigenvalue weighted by atomic mass is 16.5. The fraction of sp³-hybridized carbons (Fsp3) is 0.200. The molecule has 0 saturated carbocycles. The molecule has 1 fully saturated rings. The average Bonchev–Trinajstić information content (AvgIpc) is 2.92. The van der Waals surface area contributed by atoms with Crippen molar-refractivity contribution in [1.82, 2.24) is 10.2 Å². The summed E-state index contributed by atoms with van der Waals surface area (Å²) < 4.78 is 5.11. The predicted molar refractivity (Wildman–Crippen MR) is 109 cm³/mol. The van der Waals surface area contributed by atoms with Gasteiger partial charge in [-0.15, -0.1) is 0 Å². The van der Waals surface area contributed by atoms with Crippen molar-refractivity contribution in [2.24, 2.45) is 5.73 Å². The number of nitrogens with zero attached hydrogens (tertiary/aromatic N) is 1. The highest BCUT2D eigenvalue weighted by Gasteiger charge is 2.49. The molecule has 30 heavy (non-hydrogen) atoms. The monoisotopic (exact) mass is 411 g/mol. The minimum absolute atomic E-state index is 0.372. The summed E-state index contributed by atoms with van der Waals surface area (Å²) >= 11 is 0. The lowest BCUT2D eigenvalue weighted by Crippen LogP contribution is -2.42. The summed E-state index contributed by atoms with van der Waals surface area (Å²) in [5.41, 5.74) is 5.10. The normalized spacial score (nSPS) is 18.0. The van der Waals surface area contributed by atoms with Crippen molar-refractivity contribution in [3.8, 4) is 5.75 Å². The number of urea groups is 2. The molecule has 6 amide bonds. The van der Waals surface area contributed by atoms with Crippen LogP contribution in [0, 0.1) is 0 Å². The number of hydrogen-bond donors (Lipinski definition) is 4. The van der Waals surface area contributed by atoms with Crippen molar-refractivity contribution >= 4 is 35.3 Å². The Bertz CT molecular complexity index is 1010. The Morgan fingerprint density at radius 2 is 1.73 bits per heavy atom. The number of anilines is 2. The number of carbonyl (C=O) groups is 4. The van der Waals surface area contributed by atoms with E-state index >= 15 is 0 Å². The molecule has 156 valence electrons. The van der Waals surface area contributed by atoms with E-state index in [1.807, 2.05) is 0 Å². The smallest absolute Gasteiger partial charge is 0.325 e. The zero-order valence-corrected chi connectivity index (χ0v) is 16.4. The summed E-state index contributed by atoms with van der Waals surface area (Å²) in [4.78, 5) is 49.5. The molecular weight excluding hydrogens is 390 g/mol. The molecule has 5 N–H and O–H groups in total. The fourth-order valence-electron chi connectivity index (χ4n) is 3.12. The number of hydrogen-bond acceptors (Lipinski definition) is 5. The number of ether oxygens (including phenoxy) is 1. The van der Waals surface area contributed by atoms with Crippen LogP contribution in [-0.4, -0.2) is 42.4 Å². The SMILES string of the molecule is COc1ccc(C2(C)NC(=O)N(CC(=O)Nc3cccc(NC(N)=O)c3)C2=O)cc1. The van der Waals surface area contributed by atoms with E-state index in [-0.39, 0.29) is 0 Å². The first-order chi connectivity index (χ1) is 14.2. The van der Waals surface area contributed by atoms with Gasteiger partial charge in [0.2, 0.25) is 5.91 Å². The Hall–Kier alpha value is -4.08. The van der Waals surface area contributed by atoms with Gasteiger partial charge < -0.3 is 26.4 Å². The Kier molecular flexibility index (Phi) is 5.58. The van der Waals surface area contributed by atoms with Crippen LogP contribution in [0.1, 0.15) is 12.5 Å². The van der Waals surface area contributed by atoms with E-state index < -0.39 is 36.0 Å². The quantitative estimate of drug-likeness (QED) is 0.534. The Labute approximate surface area is 172 Å². The van der Waals surface area contributed by atoms with Crippen LogP contribution < -0.4 is 26.4 Å². The molecule has 0 spiro atoms. The Morgan fingerprint density at radius 3 is 2.33 bits per heavy atom. The van der Waals surface area contributed by atoms with E-state index in [2.05, 4.69) is 16.0 Å². The van der Waals surface area contributed by atoms with Gasteiger partial charge in [-0.2, -0.15) is 0 Å². The third kappa shape index (κ3) is 4.17. The zero-order valence-electron chi connectivity index (χ0n) is 16.4. The molecule has 1 aliphatic heterocycles. The van der Waals surface area contributed by atoms with Crippen LogP contribution in [0.3, 0.4) is 0 Å². The number of benzene rings is 2. The van der Waals surface area contributed by atoms with Gasteiger partial charge in [0.25, 0.3) is 5.91 Å². The first-order valence-electron chi connectivity index (χ1n) is 8.98. The third-order valence-corrected chi connectivity index (χ3v) is 4.66. The second kappa shape index (κ2) is 8.11. The molecule has 1 heterocycles. The van der Waals surface area contributed by atoms with Crippen molar-refractivity contribution in [3.63, 3.8) is 0 Å². The predicted octanol–water partition coefficient (Wildman–Crippen LogP) is 1.59. The van der Waals surface area contributed by atoms with Gasteiger partial charge in [0.15, 0.2) is 0 Å². The number of imide groups is 1. The second-order valence-electron chi connectivity index (χ2n) is 6.79. The summed E-state index contributed by atoms with van der Waals surface area (Å²) in [6, 6.07) is 11.6. The Morgan fingerprint density at radius 1 is 1.10 bits per heavy atom. The molecule has 10 nitrogen and oxygen atoms in total. The van der Waals surface area contributed by atoms with Crippen LogP contribution in [0.5, 0.6) is 5.75 Å². The van der Waals surface area contributed by atoms with Crippen molar-refractivity contribution in [3.05, 3.63) is 54.1 Å². The molecular formula is C20H21N5O5. The van der Waals surface area contributed by atoms with Gasteiger partial charge in [-0.25, -0.2) is 9.59 Å². The number of rotatable bonds is 6. The number of primary amides is 1. The fourth-order valence-corrected chi connectivity index (χ4v) is 3.12. The summed E-state index contributed by atoms with van der Waals surface area (Å²) in [7, 11) is 1.53. The minimum atomic E-state index is -1.30. The van der Waals surface area contributed by atoms with Crippen molar-refractivity contribution < 1.29 is 23.9 Å². The van der Waals surface area contributed by atoms with Gasteiger partial charge in [-0.1, -0.05) is 18.2 Å². The van der Waals surface area contributed by atoms with Crippen LogP contribution in [0.2, 0.25) is 0 Å². The van der Waals surface area contributed by atoms with Crippen molar-refractivity contribution in [2.75, 3.05) is 24.3 Å². The van der Waals surface area contributed by atoms with Crippen LogP contribution in [0.25, 0.3) is 0 Å². The molecule has 1 saturated heterocycles. The first-order valence-corrected chi connectivity index (χ1v) is 8.98. The van der Waals surface area contributed by atoms with E-state index in [1.165, 1.54) is 13.2 Å². The number of nitrogens with one attached hydrogen (secondary N) is 3. The number of nitrogens with two attached hydrogens (primary N) is 1. The molecule has 2 aromatic carbocycles. The Balaban J connectivity index is 1.70. The number of amides is 6. The molecule has 0 aromatic heterocycles. The van der Waals surface area contributed by atoms with E-state index in [1.54, 1.807) is 49.4 Å². The zero-order chi connectivity index (χ0) is 21.9. The molecule has 1 unspecified atom stereocenters. The maximum atomic E-state index is 12.9.